The van der Waals surface area contributed by atoms with Crippen LogP contribution in [0.2, 0.25) is 0 Å². The zero-order valence-electron chi connectivity index (χ0n) is 12.3. The van der Waals surface area contributed by atoms with E-state index in [1.54, 1.807) is 0 Å². The first kappa shape index (κ1) is 17.7. The van der Waals surface area contributed by atoms with Crippen LogP contribution in [0.25, 0.3) is 0 Å². The molecule has 0 spiro atoms. The maximum atomic E-state index is 11.7. The first-order valence-electron chi connectivity index (χ1n) is 6.09. The highest BCUT2D eigenvalue weighted by Gasteiger charge is 2.18. The molecular weight excluding hydrogens is 318 g/mol. The summed E-state index contributed by atoms with van der Waals surface area (Å²) in [5.74, 6) is -0.290. The van der Waals surface area contributed by atoms with Crippen molar-refractivity contribution in [2.24, 2.45) is 0 Å². The van der Waals surface area contributed by atoms with Gasteiger partial charge in [-0.15, -0.1) is 0 Å². The van der Waals surface area contributed by atoms with E-state index < -0.39 is 20.6 Å². The molecule has 0 bridgehead atoms. The van der Waals surface area contributed by atoms with E-state index in [0.29, 0.717) is 0 Å². The Kier molecular flexibility index (Phi) is 5.61. The van der Waals surface area contributed by atoms with Crippen LogP contribution in [0.4, 0.5) is 5.69 Å². The molecule has 0 heterocycles. The predicted molar refractivity (Wildman–Crippen MR) is 80.4 cm³/mol. The van der Waals surface area contributed by atoms with Gasteiger partial charge in [-0.25, -0.2) is 8.42 Å². The second kappa shape index (κ2) is 6.64. The van der Waals surface area contributed by atoms with Gasteiger partial charge in [0.05, 0.1) is 12.7 Å². The number of anilines is 1. The third-order valence-corrected chi connectivity index (χ3v) is 3.69. The highest BCUT2D eigenvalue weighted by Crippen LogP contribution is 2.29. The number of ether oxygens (including phenoxy) is 2. The molecule has 0 aliphatic carbocycles. The number of carbonyl (C=O) groups is 1. The molecule has 118 valence electrons. The molecule has 0 atom stereocenters. The molecule has 1 amide bonds. The van der Waals surface area contributed by atoms with Gasteiger partial charge in [-0.2, -0.15) is 0 Å². The van der Waals surface area contributed by atoms with Gasteiger partial charge in [-0.1, -0.05) is 0 Å². The van der Waals surface area contributed by atoms with Crippen LogP contribution in [0.5, 0.6) is 5.75 Å². The van der Waals surface area contributed by atoms with Crippen molar-refractivity contribution >= 4 is 31.3 Å². The van der Waals surface area contributed by atoms with Gasteiger partial charge >= 0.3 is 0 Å². The summed E-state index contributed by atoms with van der Waals surface area (Å²) in [5, 5.41) is 2.54. The van der Waals surface area contributed by atoms with E-state index in [9.17, 15) is 13.2 Å². The van der Waals surface area contributed by atoms with Crippen LogP contribution in [0.3, 0.4) is 0 Å². The van der Waals surface area contributed by atoms with Gasteiger partial charge < -0.3 is 14.8 Å². The van der Waals surface area contributed by atoms with Gasteiger partial charge in [-0.3, -0.25) is 4.79 Å². The quantitative estimate of drug-likeness (QED) is 0.835. The summed E-state index contributed by atoms with van der Waals surface area (Å²) in [6.07, 6.45) is 0. The van der Waals surface area contributed by atoms with Gasteiger partial charge in [0.2, 0.25) is 5.91 Å². The number of rotatable bonds is 5. The fraction of sp³-hybridized carbons (Fsp3) is 0.462. The van der Waals surface area contributed by atoms with Crippen LogP contribution in [0.1, 0.15) is 20.8 Å². The number of hydrogen-bond donors (Lipinski definition) is 1. The summed E-state index contributed by atoms with van der Waals surface area (Å²) in [6, 6.07) is 4.16. The molecule has 8 heteroatoms. The summed E-state index contributed by atoms with van der Waals surface area (Å²) in [4.78, 5) is 11.5. The van der Waals surface area contributed by atoms with Gasteiger partial charge in [-0.05, 0) is 39.0 Å². The summed E-state index contributed by atoms with van der Waals surface area (Å²) < 4.78 is 33.2. The van der Waals surface area contributed by atoms with Gasteiger partial charge in [0.15, 0.2) is 0 Å². The second-order valence-electron chi connectivity index (χ2n) is 5.25. The van der Waals surface area contributed by atoms with Crippen molar-refractivity contribution in [3.8, 4) is 5.75 Å². The average Bonchev–Trinajstić information content (AvgIpc) is 2.34. The van der Waals surface area contributed by atoms with Crippen LogP contribution in [-0.2, 0) is 18.6 Å². The molecule has 1 aromatic carbocycles. The zero-order valence-corrected chi connectivity index (χ0v) is 13.8. The zero-order chi connectivity index (χ0) is 16.3. The highest BCUT2D eigenvalue weighted by atomic mass is 35.7. The Hall–Kier alpha value is -1.31. The molecule has 1 N–H and O–H groups in total. The number of methoxy groups -OCH3 is 1. The third kappa shape index (κ3) is 5.91. The van der Waals surface area contributed by atoms with Crippen molar-refractivity contribution in [2.75, 3.05) is 19.0 Å². The van der Waals surface area contributed by atoms with Crippen molar-refractivity contribution in [2.45, 2.75) is 31.3 Å². The van der Waals surface area contributed by atoms with Crippen LogP contribution in [0.15, 0.2) is 23.1 Å². The molecule has 0 fully saturated rings. The van der Waals surface area contributed by atoms with Crippen molar-refractivity contribution in [3.63, 3.8) is 0 Å². The van der Waals surface area contributed by atoms with E-state index in [-0.39, 0.29) is 22.9 Å². The van der Waals surface area contributed by atoms with Crippen molar-refractivity contribution in [1.29, 1.82) is 0 Å². The summed E-state index contributed by atoms with van der Waals surface area (Å²) >= 11 is 0. The normalized spacial score (nSPS) is 12.0. The molecule has 0 saturated heterocycles. The molecule has 0 saturated carbocycles. The fourth-order valence-corrected chi connectivity index (χ4v) is 2.45. The maximum absolute atomic E-state index is 11.7. The third-order valence-electron chi connectivity index (χ3n) is 2.35. The van der Waals surface area contributed by atoms with Crippen LogP contribution < -0.4 is 10.1 Å². The number of benzene rings is 1. The first-order valence-corrected chi connectivity index (χ1v) is 8.40. The SMILES string of the molecule is COc1ccc(NC(=O)COC(C)(C)C)cc1S(=O)(=O)Cl. The van der Waals surface area contributed by atoms with Crippen LogP contribution in [0, 0.1) is 0 Å². The number of halogens is 1. The van der Waals surface area contributed by atoms with E-state index in [1.165, 1.54) is 25.3 Å². The van der Waals surface area contributed by atoms with E-state index in [1.807, 2.05) is 20.8 Å². The Morgan fingerprint density at radius 1 is 1.33 bits per heavy atom. The molecule has 0 unspecified atom stereocenters. The van der Waals surface area contributed by atoms with Crippen molar-refractivity contribution in [1.82, 2.24) is 0 Å². The molecule has 0 aromatic heterocycles. The van der Waals surface area contributed by atoms with E-state index in [2.05, 4.69) is 5.32 Å². The number of nitrogens with one attached hydrogen (secondary N) is 1. The summed E-state index contributed by atoms with van der Waals surface area (Å²) in [7, 11) is 2.68. The lowest BCUT2D eigenvalue weighted by molar-refractivity contribution is -0.125. The largest absolute Gasteiger partial charge is 0.495 e. The van der Waals surface area contributed by atoms with Crippen LogP contribution >= 0.6 is 10.7 Å². The average molecular weight is 336 g/mol. The minimum absolute atomic E-state index is 0.106. The molecule has 0 radical (unpaired) electrons. The number of amides is 1. The Labute approximate surface area is 128 Å². The van der Waals surface area contributed by atoms with E-state index >= 15 is 0 Å². The molecule has 1 rings (SSSR count). The van der Waals surface area contributed by atoms with Gasteiger partial charge in [0.25, 0.3) is 9.05 Å². The summed E-state index contributed by atoms with van der Waals surface area (Å²) in [5.41, 5.74) is -0.153. The Morgan fingerprint density at radius 3 is 2.43 bits per heavy atom. The topological polar surface area (TPSA) is 81.7 Å². The minimum atomic E-state index is -3.97. The molecule has 1 aromatic rings. The predicted octanol–water partition coefficient (Wildman–Crippen LogP) is 2.38. The monoisotopic (exact) mass is 335 g/mol. The second-order valence-corrected chi connectivity index (χ2v) is 7.79. The fourth-order valence-electron chi connectivity index (χ4n) is 1.42. The van der Waals surface area contributed by atoms with Crippen LogP contribution in [-0.4, -0.2) is 33.6 Å². The Balaban J connectivity index is 2.88. The minimum Gasteiger partial charge on any atom is -0.495 e. The maximum Gasteiger partial charge on any atom is 0.265 e. The van der Waals surface area contributed by atoms with Gasteiger partial charge in [0.1, 0.15) is 17.3 Å². The molecule has 6 nitrogen and oxygen atoms in total. The van der Waals surface area contributed by atoms with E-state index in [0.717, 1.165) is 0 Å². The van der Waals surface area contributed by atoms with Crippen molar-refractivity contribution < 1.29 is 22.7 Å². The standard InChI is InChI=1S/C13H18ClNO5S/c1-13(2,3)20-8-12(16)15-9-5-6-10(19-4)11(7-9)21(14,17)18/h5-7H,8H2,1-4H3,(H,15,16). The molecular formula is C13H18ClNO5S. The lowest BCUT2D eigenvalue weighted by Gasteiger charge is -2.19. The van der Waals surface area contributed by atoms with Crippen molar-refractivity contribution in [3.05, 3.63) is 18.2 Å². The molecule has 21 heavy (non-hydrogen) atoms. The molecule has 0 aliphatic rings. The highest BCUT2D eigenvalue weighted by molar-refractivity contribution is 8.13. The lowest BCUT2D eigenvalue weighted by atomic mass is 10.2. The van der Waals surface area contributed by atoms with E-state index in [4.69, 9.17) is 20.2 Å². The number of carbonyl (C=O) groups excluding carboxylic acids is 1. The molecule has 0 aliphatic heterocycles. The Morgan fingerprint density at radius 2 is 1.95 bits per heavy atom. The smallest absolute Gasteiger partial charge is 0.265 e. The lowest BCUT2D eigenvalue weighted by Crippen LogP contribution is -2.27. The summed E-state index contributed by atoms with van der Waals surface area (Å²) in [6.45, 7) is 5.34. The Bertz CT molecular complexity index is 622. The van der Waals surface area contributed by atoms with Gasteiger partial charge in [0, 0.05) is 16.4 Å². The first-order chi connectivity index (χ1) is 9.53. The number of hydrogen-bond acceptors (Lipinski definition) is 5.